The third-order valence-electron chi connectivity index (χ3n) is 3.77. The summed E-state index contributed by atoms with van der Waals surface area (Å²) < 4.78 is 29.0. The third kappa shape index (κ3) is 4.71. The highest BCUT2D eigenvalue weighted by Gasteiger charge is 2.35. The van der Waals surface area contributed by atoms with Gasteiger partial charge in [-0.2, -0.15) is 17.4 Å². The fourth-order valence-corrected chi connectivity index (χ4v) is 4.26. The van der Waals surface area contributed by atoms with E-state index in [4.69, 9.17) is 5.11 Å². The van der Waals surface area contributed by atoms with Crippen molar-refractivity contribution in [2.24, 2.45) is 5.41 Å². The Kier molecular flexibility index (Phi) is 5.57. The number of nitrogens with one attached hydrogen (secondary N) is 1. The Morgan fingerprint density at radius 1 is 1.40 bits per heavy atom. The number of rotatable bonds is 5. The summed E-state index contributed by atoms with van der Waals surface area (Å²) in [7, 11) is -3.64. The van der Waals surface area contributed by atoms with Crippen LogP contribution in [0.25, 0.3) is 0 Å². The first kappa shape index (κ1) is 17.4. The standard InChI is InChI=1S/C13H26N2O4S/c1-10-7-5-6-8-15(10)20(18,19)14-11(9-12(16)17)13(2,3)4/h10-11,14H,5-9H2,1-4H3,(H,16,17). The number of nitrogens with zero attached hydrogens (tertiary/aromatic N) is 1. The van der Waals surface area contributed by atoms with Gasteiger partial charge in [-0.05, 0) is 25.2 Å². The molecule has 0 aromatic heterocycles. The van der Waals surface area contributed by atoms with Crippen molar-refractivity contribution in [3.63, 3.8) is 0 Å². The van der Waals surface area contributed by atoms with E-state index in [1.54, 1.807) is 0 Å². The van der Waals surface area contributed by atoms with Crippen LogP contribution in [-0.4, -0.2) is 42.4 Å². The molecule has 2 atom stereocenters. The van der Waals surface area contributed by atoms with Gasteiger partial charge in [-0.25, -0.2) is 0 Å². The van der Waals surface area contributed by atoms with E-state index in [9.17, 15) is 13.2 Å². The summed E-state index contributed by atoms with van der Waals surface area (Å²) in [5.41, 5.74) is -0.454. The molecule has 0 amide bonds. The topological polar surface area (TPSA) is 86.7 Å². The molecule has 1 aliphatic heterocycles. The van der Waals surface area contributed by atoms with Crippen LogP contribution >= 0.6 is 0 Å². The average molecular weight is 306 g/mol. The average Bonchev–Trinajstić information content (AvgIpc) is 2.26. The van der Waals surface area contributed by atoms with E-state index in [1.807, 2.05) is 27.7 Å². The fourth-order valence-electron chi connectivity index (χ4n) is 2.38. The van der Waals surface area contributed by atoms with Crippen LogP contribution in [0.15, 0.2) is 0 Å². The molecule has 1 aliphatic rings. The molecule has 0 aromatic rings. The molecule has 2 N–H and O–H groups in total. The zero-order chi connectivity index (χ0) is 15.6. The molecule has 2 unspecified atom stereocenters. The van der Waals surface area contributed by atoms with Gasteiger partial charge in [0.05, 0.1) is 6.42 Å². The van der Waals surface area contributed by atoms with Gasteiger partial charge in [0.15, 0.2) is 0 Å². The van der Waals surface area contributed by atoms with Gasteiger partial charge in [0.2, 0.25) is 0 Å². The van der Waals surface area contributed by atoms with Gasteiger partial charge in [-0.15, -0.1) is 0 Å². The van der Waals surface area contributed by atoms with Crippen LogP contribution in [0.5, 0.6) is 0 Å². The fraction of sp³-hybridized carbons (Fsp3) is 0.923. The van der Waals surface area contributed by atoms with Crippen LogP contribution < -0.4 is 4.72 Å². The lowest BCUT2D eigenvalue weighted by Gasteiger charge is -2.36. The highest BCUT2D eigenvalue weighted by atomic mass is 32.2. The molecule has 1 rings (SSSR count). The summed E-state index contributed by atoms with van der Waals surface area (Å²) >= 11 is 0. The van der Waals surface area contributed by atoms with Gasteiger partial charge in [0.1, 0.15) is 0 Å². The predicted molar refractivity (Wildman–Crippen MR) is 77.6 cm³/mol. The lowest BCUT2D eigenvalue weighted by Crippen LogP contribution is -2.53. The number of aliphatic carboxylic acids is 1. The molecule has 20 heavy (non-hydrogen) atoms. The van der Waals surface area contributed by atoms with Crippen molar-refractivity contribution in [2.75, 3.05) is 6.54 Å². The van der Waals surface area contributed by atoms with Crippen molar-refractivity contribution in [3.05, 3.63) is 0 Å². The van der Waals surface area contributed by atoms with E-state index in [1.165, 1.54) is 4.31 Å². The van der Waals surface area contributed by atoms with Crippen LogP contribution in [0.4, 0.5) is 0 Å². The first-order valence-corrected chi connectivity index (χ1v) is 8.49. The van der Waals surface area contributed by atoms with Crippen molar-refractivity contribution in [2.45, 2.75) is 65.5 Å². The minimum Gasteiger partial charge on any atom is -0.481 e. The molecule has 0 bridgehead atoms. The number of carbonyl (C=O) groups is 1. The minimum absolute atomic E-state index is 0.0355. The van der Waals surface area contributed by atoms with Crippen LogP contribution in [0.1, 0.15) is 53.4 Å². The van der Waals surface area contributed by atoms with E-state index < -0.39 is 27.6 Å². The molecule has 0 aromatic carbocycles. The Hall–Kier alpha value is -0.660. The van der Waals surface area contributed by atoms with Gasteiger partial charge < -0.3 is 5.11 Å². The van der Waals surface area contributed by atoms with E-state index >= 15 is 0 Å². The van der Waals surface area contributed by atoms with E-state index in [0.29, 0.717) is 6.54 Å². The molecular weight excluding hydrogens is 280 g/mol. The smallest absolute Gasteiger partial charge is 0.304 e. The lowest BCUT2D eigenvalue weighted by atomic mass is 9.85. The summed E-state index contributed by atoms with van der Waals surface area (Å²) in [5, 5.41) is 8.96. The number of carboxylic acids is 1. The first-order valence-electron chi connectivity index (χ1n) is 7.05. The van der Waals surface area contributed by atoms with Gasteiger partial charge in [0.25, 0.3) is 10.2 Å². The third-order valence-corrected chi connectivity index (χ3v) is 5.51. The van der Waals surface area contributed by atoms with Crippen molar-refractivity contribution >= 4 is 16.2 Å². The molecule has 7 heteroatoms. The lowest BCUT2D eigenvalue weighted by molar-refractivity contribution is -0.138. The Bertz CT molecular complexity index is 442. The van der Waals surface area contributed by atoms with Crippen LogP contribution in [0.2, 0.25) is 0 Å². The summed E-state index contributed by atoms with van der Waals surface area (Å²) in [5.74, 6) is -1.00. The quantitative estimate of drug-likeness (QED) is 0.807. The van der Waals surface area contributed by atoms with Crippen molar-refractivity contribution in [1.82, 2.24) is 9.03 Å². The minimum atomic E-state index is -3.64. The molecule has 0 radical (unpaired) electrons. The van der Waals surface area contributed by atoms with Crippen LogP contribution in [0, 0.1) is 5.41 Å². The molecule has 1 heterocycles. The molecule has 0 spiro atoms. The van der Waals surface area contributed by atoms with Crippen LogP contribution in [0.3, 0.4) is 0 Å². The Labute approximate surface area is 121 Å². The molecule has 0 aliphatic carbocycles. The zero-order valence-corrected chi connectivity index (χ0v) is 13.5. The normalized spacial score (nSPS) is 23.5. The number of hydrogen-bond acceptors (Lipinski definition) is 3. The van der Waals surface area contributed by atoms with Crippen molar-refractivity contribution in [3.8, 4) is 0 Å². The van der Waals surface area contributed by atoms with Gasteiger partial charge in [0, 0.05) is 18.6 Å². The maximum atomic E-state index is 12.5. The Morgan fingerprint density at radius 2 is 2.00 bits per heavy atom. The molecule has 1 saturated heterocycles. The van der Waals surface area contributed by atoms with Gasteiger partial charge in [-0.3, -0.25) is 4.79 Å². The Morgan fingerprint density at radius 3 is 2.45 bits per heavy atom. The molecule has 118 valence electrons. The van der Waals surface area contributed by atoms with Gasteiger partial charge >= 0.3 is 5.97 Å². The number of piperidine rings is 1. The molecule has 0 saturated carbocycles. The second kappa shape index (κ2) is 6.41. The predicted octanol–water partition coefficient (Wildman–Crippen LogP) is 1.58. The SMILES string of the molecule is CC1CCCCN1S(=O)(=O)NC(CC(=O)O)C(C)(C)C. The monoisotopic (exact) mass is 306 g/mol. The second-order valence-corrected chi connectivity index (χ2v) is 8.25. The van der Waals surface area contributed by atoms with E-state index in [-0.39, 0.29) is 12.5 Å². The summed E-state index contributed by atoms with van der Waals surface area (Å²) in [6.45, 7) is 7.90. The second-order valence-electron chi connectivity index (χ2n) is 6.59. The first-order chi connectivity index (χ1) is 9.04. The zero-order valence-electron chi connectivity index (χ0n) is 12.7. The summed E-state index contributed by atoms with van der Waals surface area (Å²) in [6.07, 6.45) is 2.51. The highest BCUT2D eigenvalue weighted by molar-refractivity contribution is 7.87. The summed E-state index contributed by atoms with van der Waals surface area (Å²) in [4.78, 5) is 10.9. The molecule has 1 fully saturated rings. The van der Waals surface area contributed by atoms with Crippen LogP contribution in [-0.2, 0) is 15.0 Å². The maximum Gasteiger partial charge on any atom is 0.304 e. The molecular formula is C13H26N2O4S. The Balaban J connectivity index is 2.88. The molecule has 6 nitrogen and oxygen atoms in total. The van der Waals surface area contributed by atoms with E-state index in [2.05, 4.69) is 4.72 Å². The van der Waals surface area contributed by atoms with Crippen molar-refractivity contribution in [1.29, 1.82) is 0 Å². The largest absolute Gasteiger partial charge is 0.481 e. The number of hydrogen-bond donors (Lipinski definition) is 2. The highest BCUT2D eigenvalue weighted by Crippen LogP contribution is 2.25. The maximum absolute atomic E-state index is 12.5. The van der Waals surface area contributed by atoms with E-state index in [0.717, 1.165) is 19.3 Å². The van der Waals surface area contributed by atoms with Gasteiger partial charge in [-0.1, -0.05) is 27.2 Å². The summed E-state index contributed by atoms with van der Waals surface area (Å²) in [6, 6.07) is -0.661. The van der Waals surface area contributed by atoms with Crippen molar-refractivity contribution < 1.29 is 18.3 Å². The number of carboxylic acid groups (broad SMARTS) is 1.